The number of amides is 1. The predicted molar refractivity (Wildman–Crippen MR) is 92.2 cm³/mol. The molecule has 0 saturated carbocycles. The van der Waals surface area contributed by atoms with E-state index in [0.717, 1.165) is 21.3 Å². The maximum absolute atomic E-state index is 12.0. The normalized spacial score (nSPS) is 10.3. The summed E-state index contributed by atoms with van der Waals surface area (Å²) in [5.74, 6) is -0.133. The van der Waals surface area contributed by atoms with Crippen LogP contribution in [0, 0.1) is 13.8 Å². The van der Waals surface area contributed by atoms with Crippen molar-refractivity contribution in [2.24, 2.45) is 0 Å². The average molecular weight is 368 g/mol. The molecule has 0 unspecified atom stereocenters. The molecule has 0 radical (unpaired) electrons. The van der Waals surface area contributed by atoms with Crippen molar-refractivity contribution in [3.05, 3.63) is 57.0 Å². The standard InChI is InChI=1S/C16H16BrClN2O/c1-10-7-11(2)16(14(18)8-10)20-15(21)9-19-13-5-3-12(17)4-6-13/h3-8,19H,9H2,1-2H3,(H,20,21). The van der Waals surface area contributed by atoms with Crippen LogP contribution in [0.15, 0.2) is 40.9 Å². The second kappa shape index (κ2) is 6.96. The fourth-order valence-corrected chi connectivity index (χ4v) is 2.64. The highest BCUT2D eigenvalue weighted by Crippen LogP contribution is 2.27. The van der Waals surface area contributed by atoms with Crippen LogP contribution >= 0.6 is 27.5 Å². The van der Waals surface area contributed by atoms with Gasteiger partial charge in [-0.2, -0.15) is 0 Å². The van der Waals surface area contributed by atoms with Gasteiger partial charge >= 0.3 is 0 Å². The number of aryl methyl sites for hydroxylation is 2. The Morgan fingerprint density at radius 3 is 2.48 bits per heavy atom. The molecule has 5 heteroatoms. The molecule has 0 aliphatic heterocycles. The van der Waals surface area contributed by atoms with Crippen LogP contribution < -0.4 is 10.6 Å². The summed E-state index contributed by atoms with van der Waals surface area (Å²) in [5.41, 5.74) is 3.59. The first kappa shape index (κ1) is 15.9. The Labute approximate surface area is 137 Å². The molecule has 2 rings (SSSR count). The van der Waals surface area contributed by atoms with Crippen molar-refractivity contribution in [1.82, 2.24) is 0 Å². The van der Waals surface area contributed by atoms with Gasteiger partial charge in [0.05, 0.1) is 17.3 Å². The first-order valence-corrected chi connectivity index (χ1v) is 7.69. The van der Waals surface area contributed by atoms with Crippen molar-refractivity contribution in [3.63, 3.8) is 0 Å². The third-order valence-corrected chi connectivity index (χ3v) is 3.82. The van der Waals surface area contributed by atoms with Crippen LogP contribution in [-0.4, -0.2) is 12.5 Å². The summed E-state index contributed by atoms with van der Waals surface area (Å²) in [6.45, 7) is 4.08. The molecule has 0 spiro atoms. The highest BCUT2D eigenvalue weighted by Gasteiger charge is 2.09. The van der Waals surface area contributed by atoms with Gasteiger partial charge in [-0.1, -0.05) is 33.6 Å². The van der Waals surface area contributed by atoms with Gasteiger partial charge in [0, 0.05) is 10.2 Å². The van der Waals surface area contributed by atoms with Gasteiger partial charge in [0.2, 0.25) is 5.91 Å². The molecular formula is C16H16BrClN2O. The maximum atomic E-state index is 12.0. The monoisotopic (exact) mass is 366 g/mol. The number of nitrogens with one attached hydrogen (secondary N) is 2. The van der Waals surface area contributed by atoms with Gasteiger partial charge in [0.1, 0.15) is 0 Å². The molecule has 21 heavy (non-hydrogen) atoms. The summed E-state index contributed by atoms with van der Waals surface area (Å²) in [6.07, 6.45) is 0. The minimum Gasteiger partial charge on any atom is -0.376 e. The van der Waals surface area contributed by atoms with E-state index in [9.17, 15) is 4.79 Å². The molecule has 0 heterocycles. The van der Waals surface area contributed by atoms with E-state index < -0.39 is 0 Å². The molecule has 0 aliphatic rings. The number of benzene rings is 2. The highest BCUT2D eigenvalue weighted by molar-refractivity contribution is 9.10. The molecule has 0 saturated heterocycles. The molecule has 0 fully saturated rings. The Morgan fingerprint density at radius 1 is 1.19 bits per heavy atom. The average Bonchev–Trinajstić information content (AvgIpc) is 2.42. The van der Waals surface area contributed by atoms with Gasteiger partial charge in [0.15, 0.2) is 0 Å². The van der Waals surface area contributed by atoms with Crippen LogP contribution in [0.2, 0.25) is 5.02 Å². The van der Waals surface area contributed by atoms with Gasteiger partial charge in [0.25, 0.3) is 0 Å². The van der Waals surface area contributed by atoms with Crippen molar-refractivity contribution in [3.8, 4) is 0 Å². The van der Waals surface area contributed by atoms with Gasteiger partial charge in [-0.05, 0) is 55.3 Å². The van der Waals surface area contributed by atoms with E-state index in [-0.39, 0.29) is 12.5 Å². The summed E-state index contributed by atoms with van der Waals surface area (Å²) >= 11 is 9.54. The number of carbonyl (C=O) groups excluding carboxylic acids is 1. The first-order valence-electron chi connectivity index (χ1n) is 6.52. The summed E-state index contributed by atoms with van der Waals surface area (Å²) in [5, 5.41) is 6.47. The number of anilines is 2. The SMILES string of the molecule is Cc1cc(C)c(NC(=O)CNc2ccc(Br)cc2)c(Cl)c1. The van der Waals surface area contributed by atoms with E-state index in [1.807, 2.05) is 50.2 Å². The van der Waals surface area contributed by atoms with Crippen molar-refractivity contribution >= 4 is 44.8 Å². The van der Waals surface area contributed by atoms with Crippen molar-refractivity contribution in [2.75, 3.05) is 17.2 Å². The fourth-order valence-electron chi connectivity index (χ4n) is 2.01. The van der Waals surface area contributed by atoms with Crippen LogP contribution in [0.1, 0.15) is 11.1 Å². The van der Waals surface area contributed by atoms with E-state index in [4.69, 9.17) is 11.6 Å². The van der Waals surface area contributed by atoms with Crippen molar-refractivity contribution in [2.45, 2.75) is 13.8 Å². The lowest BCUT2D eigenvalue weighted by Gasteiger charge is -2.12. The Balaban J connectivity index is 1.97. The molecule has 2 N–H and O–H groups in total. The second-order valence-corrected chi connectivity index (χ2v) is 6.17. The molecule has 1 amide bonds. The van der Waals surface area contributed by atoms with Gasteiger partial charge in [-0.25, -0.2) is 0 Å². The van der Waals surface area contributed by atoms with E-state index in [2.05, 4.69) is 26.6 Å². The minimum atomic E-state index is -0.133. The lowest BCUT2D eigenvalue weighted by atomic mass is 10.1. The largest absolute Gasteiger partial charge is 0.376 e. The van der Waals surface area contributed by atoms with Gasteiger partial charge in [-0.15, -0.1) is 0 Å². The molecule has 0 atom stereocenters. The Hall–Kier alpha value is -1.52. The number of hydrogen-bond acceptors (Lipinski definition) is 2. The lowest BCUT2D eigenvalue weighted by Crippen LogP contribution is -2.22. The zero-order valence-corrected chi connectivity index (χ0v) is 14.2. The van der Waals surface area contributed by atoms with Gasteiger partial charge < -0.3 is 10.6 Å². The number of hydrogen-bond donors (Lipinski definition) is 2. The van der Waals surface area contributed by atoms with Crippen LogP contribution in [0.25, 0.3) is 0 Å². The van der Waals surface area contributed by atoms with Crippen LogP contribution in [0.4, 0.5) is 11.4 Å². The number of rotatable bonds is 4. The van der Waals surface area contributed by atoms with Crippen LogP contribution in [0.3, 0.4) is 0 Å². The Kier molecular flexibility index (Phi) is 5.26. The van der Waals surface area contributed by atoms with Crippen LogP contribution in [0.5, 0.6) is 0 Å². The van der Waals surface area contributed by atoms with E-state index in [1.165, 1.54) is 0 Å². The Bertz CT molecular complexity index is 633. The molecule has 110 valence electrons. The maximum Gasteiger partial charge on any atom is 0.243 e. The van der Waals surface area contributed by atoms with Crippen molar-refractivity contribution < 1.29 is 4.79 Å². The molecule has 0 bridgehead atoms. The summed E-state index contributed by atoms with van der Waals surface area (Å²) < 4.78 is 1.000. The third kappa shape index (κ3) is 4.48. The first-order chi connectivity index (χ1) is 9.95. The molecule has 2 aromatic carbocycles. The molecule has 3 nitrogen and oxygen atoms in total. The third-order valence-electron chi connectivity index (χ3n) is 2.99. The summed E-state index contributed by atoms with van der Waals surface area (Å²) in [4.78, 5) is 12.0. The second-order valence-electron chi connectivity index (χ2n) is 4.85. The molecular weight excluding hydrogens is 352 g/mol. The highest BCUT2D eigenvalue weighted by atomic mass is 79.9. The van der Waals surface area contributed by atoms with E-state index in [1.54, 1.807) is 0 Å². The predicted octanol–water partition coefficient (Wildman–Crippen LogP) is 4.77. The zero-order chi connectivity index (χ0) is 15.4. The van der Waals surface area contributed by atoms with Gasteiger partial charge in [-0.3, -0.25) is 4.79 Å². The number of carbonyl (C=O) groups is 1. The number of halogens is 2. The van der Waals surface area contributed by atoms with E-state index >= 15 is 0 Å². The summed E-state index contributed by atoms with van der Waals surface area (Å²) in [7, 11) is 0. The minimum absolute atomic E-state index is 0.133. The quantitative estimate of drug-likeness (QED) is 0.817. The molecule has 0 aliphatic carbocycles. The topological polar surface area (TPSA) is 41.1 Å². The summed E-state index contributed by atoms with van der Waals surface area (Å²) in [6, 6.07) is 11.5. The zero-order valence-electron chi connectivity index (χ0n) is 11.8. The molecule has 0 aromatic heterocycles. The lowest BCUT2D eigenvalue weighted by molar-refractivity contribution is -0.114. The smallest absolute Gasteiger partial charge is 0.243 e. The van der Waals surface area contributed by atoms with Crippen molar-refractivity contribution in [1.29, 1.82) is 0 Å². The van der Waals surface area contributed by atoms with Crippen LogP contribution in [-0.2, 0) is 4.79 Å². The van der Waals surface area contributed by atoms with E-state index in [0.29, 0.717) is 10.7 Å². The molecule has 2 aromatic rings. The fraction of sp³-hybridized carbons (Fsp3) is 0.188. The Morgan fingerprint density at radius 2 is 1.86 bits per heavy atom.